The third-order valence-electron chi connectivity index (χ3n) is 4.38. The fourth-order valence-electron chi connectivity index (χ4n) is 3.00. The van der Waals surface area contributed by atoms with Gasteiger partial charge in [0.25, 0.3) is 0 Å². The number of pyridine rings is 1. The van der Waals surface area contributed by atoms with Crippen molar-refractivity contribution in [3.63, 3.8) is 0 Å². The first-order valence-corrected chi connectivity index (χ1v) is 8.88. The lowest BCUT2D eigenvalue weighted by atomic mass is 9.98. The molecule has 5 nitrogen and oxygen atoms in total. The lowest BCUT2D eigenvalue weighted by Gasteiger charge is -2.09. The molecule has 2 aromatic carbocycles. The summed E-state index contributed by atoms with van der Waals surface area (Å²) in [5.41, 5.74) is 3.87. The molecule has 0 aliphatic rings. The molecular formula is C22H21NO4. The van der Waals surface area contributed by atoms with Crippen molar-refractivity contribution < 1.29 is 19.4 Å². The van der Waals surface area contributed by atoms with Gasteiger partial charge in [-0.2, -0.15) is 0 Å². The minimum Gasteiger partial charge on any atom is -0.506 e. The molecule has 0 saturated carbocycles. The number of hydrogen-bond acceptors (Lipinski definition) is 5. The van der Waals surface area contributed by atoms with Crippen molar-refractivity contribution in [2.75, 3.05) is 6.61 Å². The number of aryl methyl sites for hydroxylation is 1. The summed E-state index contributed by atoms with van der Waals surface area (Å²) in [6.45, 7) is 4.03. The molecule has 1 N–H and O–H groups in total. The molecule has 0 unspecified atom stereocenters. The minimum absolute atomic E-state index is 0.0181. The number of esters is 1. The van der Waals surface area contributed by atoms with Crippen molar-refractivity contribution >= 4 is 22.7 Å². The Labute approximate surface area is 157 Å². The molecule has 0 fully saturated rings. The van der Waals surface area contributed by atoms with E-state index in [1.54, 1.807) is 13.0 Å². The monoisotopic (exact) mass is 363 g/mol. The van der Waals surface area contributed by atoms with Crippen LogP contribution < -0.4 is 0 Å². The SMILES string of the molecule is CCOC(=O)CCC(=O)c1nc2ccc(-c3ccccc3C)cc2cc1O. The summed E-state index contributed by atoms with van der Waals surface area (Å²) in [6, 6.07) is 15.3. The Hall–Kier alpha value is -3.21. The maximum atomic E-state index is 12.3. The van der Waals surface area contributed by atoms with E-state index < -0.39 is 5.97 Å². The van der Waals surface area contributed by atoms with Crippen LogP contribution in [0, 0.1) is 6.92 Å². The minimum atomic E-state index is -0.436. The second-order valence-corrected chi connectivity index (χ2v) is 6.31. The van der Waals surface area contributed by atoms with Gasteiger partial charge in [-0.3, -0.25) is 9.59 Å². The van der Waals surface area contributed by atoms with Crippen LogP contribution >= 0.6 is 0 Å². The van der Waals surface area contributed by atoms with E-state index >= 15 is 0 Å². The van der Waals surface area contributed by atoms with Gasteiger partial charge in [0, 0.05) is 11.8 Å². The van der Waals surface area contributed by atoms with Gasteiger partial charge >= 0.3 is 5.97 Å². The molecule has 1 aromatic heterocycles. The summed E-state index contributed by atoms with van der Waals surface area (Å²) in [5.74, 6) is -1.00. The van der Waals surface area contributed by atoms with Gasteiger partial charge in [-0.15, -0.1) is 0 Å². The van der Waals surface area contributed by atoms with E-state index in [-0.39, 0.29) is 36.7 Å². The van der Waals surface area contributed by atoms with E-state index in [9.17, 15) is 14.7 Å². The Morgan fingerprint density at radius 1 is 1.07 bits per heavy atom. The smallest absolute Gasteiger partial charge is 0.306 e. The van der Waals surface area contributed by atoms with E-state index in [0.717, 1.165) is 22.1 Å². The Morgan fingerprint density at radius 2 is 1.85 bits per heavy atom. The summed E-state index contributed by atoms with van der Waals surface area (Å²) in [7, 11) is 0. The fraction of sp³-hybridized carbons (Fsp3) is 0.227. The van der Waals surface area contributed by atoms with Crippen LogP contribution in [-0.2, 0) is 9.53 Å². The highest BCUT2D eigenvalue weighted by atomic mass is 16.5. The summed E-state index contributed by atoms with van der Waals surface area (Å²) < 4.78 is 4.82. The van der Waals surface area contributed by atoms with Gasteiger partial charge in [0.1, 0.15) is 11.4 Å². The van der Waals surface area contributed by atoms with Crippen LogP contribution in [0.2, 0.25) is 0 Å². The van der Waals surface area contributed by atoms with E-state index in [4.69, 9.17) is 4.74 Å². The van der Waals surface area contributed by atoms with Crippen molar-refractivity contribution in [1.29, 1.82) is 0 Å². The largest absolute Gasteiger partial charge is 0.506 e. The van der Waals surface area contributed by atoms with Crippen LogP contribution in [0.5, 0.6) is 5.75 Å². The van der Waals surface area contributed by atoms with Crippen LogP contribution in [0.3, 0.4) is 0 Å². The highest BCUT2D eigenvalue weighted by Crippen LogP contribution is 2.29. The summed E-state index contributed by atoms with van der Waals surface area (Å²) in [6.07, 6.45) is -0.0791. The normalized spacial score (nSPS) is 10.7. The van der Waals surface area contributed by atoms with Gasteiger partial charge in [0.05, 0.1) is 18.5 Å². The van der Waals surface area contributed by atoms with Gasteiger partial charge in [-0.05, 0) is 48.7 Å². The molecule has 5 heteroatoms. The van der Waals surface area contributed by atoms with E-state index in [0.29, 0.717) is 5.52 Å². The number of hydrogen-bond donors (Lipinski definition) is 1. The lowest BCUT2D eigenvalue weighted by Crippen LogP contribution is -2.09. The number of carbonyl (C=O) groups excluding carboxylic acids is 2. The molecule has 3 rings (SSSR count). The van der Waals surface area contributed by atoms with Gasteiger partial charge < -0.3 is 9.84 Å². The number of fused-ring (bicyclic) bond motifs is 1. The zero-order valence-corrected chi connectivity index (χ0v) is 15.4. The van der Waals surface area contributed by atoms with Crippen molar-refractivity contribution in [2.24, 2.45) is 0 Å². The van der Waals surface area contributed by atoms with Gasteiger partial charge in [-0.1, -0.05) is 30.3 Å². The highest BCUT2D eigenvalue weighted by molar-refractivity contribution is 6.00. The first-order valence-electron chi connectivity index (χ1n) is 8.88. The topological polar surface area (TPSA) is 76.5 Å². The van der Waals surface area contributed by atoms with Crippen molar-refractivity contribution in [2.45, 2.75) is 26.7 Å². The first kappa shape index (κ1) is 18.6. The van der Waals surface area contributed by atoms with Crippen LogP contribution in [0.4, 0.5) is 0 Å². The number of aromatic nitrogens is 1. The molecule has 138 valence electrons. The van der Waals surface area contributed by atoms with Gasteiger partial charge in [-0.25, -0.2) is 4.98 Å². The number of nitrogens with zero attached hydrogens (tertiary/aromatic N) is 1. The van der Waals surface area contributed by atoms with Crippen molar-refractivity contribution in [3.05, 3.63) is 59.8 Å². The molecule has 3 aromatic rings. The third kappa shape index (κ3) is 4.14. The Morgan fingerprint density at radius 3 is 2.59 bits per heavy atom. The van der Waals surface area contributed by atoms with E-state index in [1.807, 2.05) is 49.4 Å². The second-order valence-electron chi connectivity index (χ2n) is 6.31. The molecule has 0 spiro atoms. The summed E-state index contributed by atoms with van der Waals surface area (Å²) in [4.78, 5) is 28.0. The van der Waals surface area contributed by atoms with Crippen molar-refractivity contribution in [3.8, 4) is 16.9 Å². The molecule has 0 aliphatic carbocycles. The van der Waals surface area contributed by atoms with E-state index in [1.165, 1.54) is 0 Å². The number of ketones is 1. The molecular weight excluding hydrogens is 342 g/mol. The zero-order valence-electron chi connectivity index (χ0n) is 15.4. The molecule has 0 bridgehead atoms. The molecule has 0 saturated heterocycles. The Bertz CT molecular complexity index is 1010. The number of rotatable bonds is 6. The highest BCUT2D eigenvalue weighted by Gasteiger charge is 2.17. The quantitative estimate of drug-likeness (QED) is 0.517. The van der Waals surface area contributed by atoms with Crippen LogP contribution in [0.25, 0.3) is 22.0 Å². The average molecular weight is 363 g/mol. The third-order valence-corrected chi connectivity index (χ3v) is 4.38. The zero-order chi connectivity index (χ0) is 19.4. The molecule has 0 aliphatic heterocycles. The standard InChI is InChI=1S/C22H21NO4/c1-3-27-21(26)11-10-19(24)22-20(25)13-16-12-15(8-9-18(16)23-22)17-7-5-4-6-14(17)2/h4-9,12-13,25H,3,10-11H2,1-2H3. The van der Waals surface area contributed by atoms with Gasteiger partial charge in [0.15, 0.2) is 5.78 Å². The molecule has 0 atom stereocenters. The number of Topliss-reactive ketones (excluding diaryl/α,β-unsaturated/α-hetero) is 1. The number of benzene rings is 2. The second kappa shape index (κ2) is 7.99. The Kier molecular flexibility index (Phi) is 5.50. The fourth-order valence-corrected chi connectivity index (χ4v) is 3.00. The number of carbonyl (C=O) groups is 2. The Balaban J connectivity index is 1.89. The number of ether oxygens (including phenoxy) is 1. The molecule has 0 radical (unpaired) electrons. The first-order chi connectivity index (χ1) is 13.0. The summed E-state index contributed by atoms with van der Waals surface area (Å²) >= 11 is 0. The predicted octanol–water partition coefficient (Wildman–Crippen LogP) is 4.44. The maximum Gasteiger partial charge on any atom is 0.306 e. The van der Waals surface area contributed by atoms with Gasteiger partial charge in [0.2, 0.25) is 0 Å². The average Bonchev–Trinajstić information content (AvgIpc) is 2.66. The number of aromatic hydroxyl groups is 1. The maximum absolute atomic E-state index is 12.3. The molecule has 1 heterocycles. The summed E-state index contributed by atoms with van der Waals surface area (Å²) in [5, 5.41) is 11.0. The van der Waals surface area contributed by atoms with E-state index in [2.05, 4.69) is 4.98 Å². The van der Waals surface area contributed by atoms with Crippen LogP contribution in [0.1, 0.15) is 35.8 Å². The van der Waals surface area contributed by atoms with Crippen molar-refractivity contribution in [1.82, 2.24) is 4.98 Å². The predicted molar refractivity (Wildman–Crippen MR) is 104 cm³/mol. The molecule has 27 heavy (non-hydrogen) atoms. The van der Waals surface area contributed by atoms with Crippen LogP contribution in [0.15, 0.2) is 48.5 Å². The lowest BCUT2D eigenvalue weighted by molar-refractivity contribution is -0.143. The molecule has 0 amide bonds. The van der Waals surface area contributed by atoms with Crippen LogP contribution in [-0.4, -0.2) is 28.4 Å².